The number of hydrogen-bond acceptors (Lipinski definition) is 3. The zero-order valence-electron chi connectivity index (χ0n) is 10.0. The standard InChI is InChI=1S/C14H15NO3/c16-9-10-5-14(17)15(7-10)8-12-6-11-3-1-2-4-13(11)18-12/h1-4,6,10,16H,5,7-9H2. The van der Waals surface area contributed by atoms with E-state index in [-0.39, 0.29) is 18.4 Å². The Balaban J connectivity index is 1.78. The van der Waals surface area contributed by atoms with Crippen LogP contribution in [0, 0.1) is 5.92 Å². The number of aliphatic hydroxyl groups is 1. The summed E-state index contributed by atoms with van der Waals surface area (Å²) >= 11 is 0. The summed E-state index contributed by atoms with van der Waals surface area (Å²) in [6, 6.07) is 9.77. The predicted octanol–water partition coefficient (Wildman–Crippen LogP) is 1.77. The van der Waals surface area contributed by atoms with Gasteiger partial charge in [-0.15, -0.1) is 0 Å². The topological polar surface area (TPSA) is 53.7 Å². The predicted molar refractivity (Wildman–Crippen MR) is 66.8 cm³/mol. The number of para-hydroxylation sites is 1. The van der Waals surface area contributed by atoms with Gasteiger partial charge in [0, 0.05) is 30.9 Å². The summed E-state index contributed by atoms with van der Waals surface area (Å²) in [5, 5.41) is 10.1. The Hall–Kier alpha value is -1.81. The van der Waals surface area contributed by atoms with E-state index >= 15 is 0 Å². The molecule has 1 aromatic heterocycles. The molecule has 2 heterocycles. The fourth-order valence-electron chi connectivity index (χ4n) is 2.43. The van der Waals surface area contributed by atoms with Gasteiger partial charge in [-0.05, 0) is 12.1 Å². The Morgan fingerprint density at radius 1 is 1.39 bits per heavy atom. The highest BCUT2D eigenvalue weighted by molar-refractivity contribution is 5.80. The van der Waals surface area contributed by atoms with Crippen LogP contribution in [0.1, 0.15) is 12.2 Å². The van der Waals surface area contributed by atoms with Crippen LogP contribution in [0.5, 0.6) is 0 Å². The van der Waals surface area contributed by atoms with E-state index in [0.29, 0.717) is 19.5 Å². The Bertz CT molecular complexity index is 542. The zero-order valence-corrected chi connectivity index (χ0v) is 10.0. The van der Waals surface area contributed by atoms with Gasteiger partial charge in [-0.25, -0.2) is 0 Å². The van der Waals surface area contributed by atoms with Gasteiger partial charge in [0.15, 0.2) is 0 Å². The number of benzene rings is 1. The fourth-order valence-corrected chi connectivity index (χ4v) is 2.43. The zero-order chi connectivity index (χ0) is 12.5. The Labute approximate surface area is 105 Å². The van der Waals surface area contributed by atoms with Crippen LogP contribution in [0.15, 0.2) is 34.7 Å². The van der Waals surface area contributed by atoms with Gasteiger partial charge in [-0.2, -0.15) is 0 Å². The molecule has 0 saturated carbocycles. The lowest BCUT2D eigenvalue weighted by Crippen LogP contribution is -2.24. The summed E-state index contributed by atoms with van der Waals surface area (Å²) < 4.78 is 5.69. The molecular weight excluding hydrogens is 230 g/mol. The average molecular weight is 245 g/mol. The summed E-state index contributed by atoms with van der Waals surface area (Å²) in [5.41, 5.74) is 0.845. The van der Waals surface area contributed by atoms with E-state index in [1.807, 2.05) is 30.3 Å². The number of likely N-dealkylation sites (tertiary alicyclic amines) is 1. The largest absolute Gasteiger partial charge is 0.459 e. The molecule has 3 rings (SSSR count). The number of furan rings is 1. The monoisotopic (exact) mass is 245 g/mol. The highest BCUT2D eigenvalue weighted by Gasteiger charge is 2.29. The molecule has 0 aliphatic carbocycles. The number of amides is 1. The van der Waals surface area contributed by atoms with Crippen molar-refractivity contribution >= 4 is 16.9 Å². The van der Waals surface area contributed by atoms with Gasteiger partial charge in [0.1, 0.15) is 11.3 Å². The molecule has 1 unspecified atom stereocenters. The fraction of sp³-hybridized carbons (Fsp3) is 0.357. The van der Waals surface area contributed by atoms with E-state index in [2.05, 4.69) is 0 Å². The molecule has 0 spiro atoms. The van der Waals surface area contributed by atoms with Crippen molar-refractivity contribution < 1.29 is 14.3 Å². The molecule has 1 aromatic carbocycles. The number of carbonyl (C=O) groups excluding carboxylic acids is 1. The second-order valence-electron chi connectivity index (χ2n) is 4.78. The van der Waals surface area contributed by atoms with Crippen LogP contribution in [-0.2, 0) is 11.3 Å². The number of nitrogens with zero attached hydrogens (tertiary/aromatic N) is 1. The normalized spacial score (nSPS) is 19.9. The van der Waals surface area contributed by atoms with Crippen molar-refractivity contribution in [2.75, 3.05) is 13.2 Å². The number of fused-ring (bicyclic) bond motifs is 1. The molecule has 1 aliphatic heterocycles. The maximum atomic E-state index is 11.7. The smallest absolute Gasteiger partial charge is 0.223 e. The molecule has 18 heavy (non-hydrogen) atoms. The van der Waals surface area contributed by atoms with Crippen molar-refractivity contribution in [3.8, 4) is 0 Å². The summed E-state index contributed by atoms with van der Waals surface area (Å²) in [6.07, 6.45) is 0.441. The van der Waals surface area contributed by atoms with Gasteiger partial charge in [0.2, 0.25) is 5.91 Å². The van der Waals surface area contributed by atoms with E-state index in [9.17, 15) is 4.79 Å². The van der Waals surface area contributed by atoms with Crippen molar-refractivity contribution in [3.05, 3.63) is 36.1 Å². The average Bonchev–Trinajstić information content (AvgIpc) is 2.93. The molecule has 1 amide bonds. The van der Waals surface area contributed by atoms with E-state index in [1.54, 1.807) is 4.90 Å². The molecular formula is C14H15NO3. The Kier molecular flexibility index (Phi) is 2.80. The van der Waals surface area contributed by atoms with Gasteiger partial charge >= 0.3 is 0 Å². The van der Waals surface area contributed by atoms with Gasteiger partial charge in [-0.1, -0.05) is 18.2 Å². The molecule has 2 aromatic rings. The van der Waals surface area contributed by atoms with Crippen LogP contribution >= 0.6 is 0 Å². The second-order valence-corrected chi connectivity index (χ2v) is 4.78. The third-order valence-corrected chi connectivity index (χ3v) is 3.38. The highest BCUT2D eigenvalue weighted by atomic mass is 16.3. The number of aliphatic hydroxyl groups excluding tert-OH is 1. The minimum Gasteiger partial charge on any atom is -0.459 e. The Morgan fingerprint density at radius 2 is 2.22 bits per heavy atom. The number of carbonyl (C=O) groups is 1. The van der Waals surface area contributed by atoms with E-state index in [1.165, 1.54) is 0 Å². The molecule has 4 heteroatoms. The van der Waals surface area contributed by atoms with Crippen molar-refractivity contribution in [2.45, 2.75) is 13.0 Å². The van der Waals surface area contributed by atoms with Gasteiger partial charge in [-0.3, -0.25) is 4.79 Å². The summed E-state index contributed by atoms with van der Waals surface area (Å²) in [6.45, 7) is 1.18. The first kappa shape index (κ1) is 11.3. The van der Waals surface area contributed by atoms with Crippen LogP contribution in [0.25, 0.3) is 11.0 Å². The minimum atomic E-state index is 0.0712. The van der Waals surface area contributed by atoms with Crippen molar-refractivity contribution in [2.24, 2.45) is 5.92 Å². The molecule has 1 N–H and O–H groups in total. The van der Waals surface area contributed by atoms with Crippen molar-refractivity contribution in [3.63, 3.8) is 0 Å². The first-order chi connectivity index (χ1) is 8.76. The molecule has 1 aliphatic rings. The maximum absolute atomic E-state index is 11.7. The van der Waals surface area contributed by atoms with Crippen LogP contribution in [0.3, 0.4) is 0 Å². The molecule has 1 fully saturated rings. The maximum Gasteiger partial charge on any atom is 0.223 e. The molecule has 0 bridgehead atoms. The molecule has 1 atom stereocenters. The van der Waals surface area contributed by atoms with Gasteiger partial charge < -0.3 is 14.4 Å². The third kappa shape index (κ3) is 1.99. The van der Waals surface area contributed by atoms with E-state index in [0.717, 1.165) is 16.7 Å². The van der Waals surface area contributed by atoms with Gasteiger partial charge in [0.05, 0.1) is 6.54 Å². The first-order valence-electron chi connectivity index (χ1n) is 6.12. The Morgan fingerprint density at radius 3 is 2.94 bits per heavy atom. The number of hydrogen-bond donors (Lipinski definition) is 1. The quantitative estimate of drug-likeness (QED) is 0.896. The lowest BCUT2D eigenvalue weighted by Gasteiger charge is -2.14. The van der Waals surface area contributed by atoms with Crippen LogP contribution in [0.2, 0.25) is 0 Å². The van der Waals surface area contributed by atoms with Crippen molar-refractivity contribution in [1.82, 2.24) is 4.90 Å². The molecule has 94 valence electrons. The summed E-state index contributed by atoms with van der Waals surface area (Å²) in [5.74, 6) is 0.958. The first-order valence-corrected chi connectivity index (χ1v) is 6.12. The van der Waals surface area contributed by atoms with Crippen LogP contribution in [0.4, 0.5) is 0 Å². The van der Waals surface area contributed by atoms with E-state index < -0.39 is 0 Å². The summed E-state index contributed by atoms with van der Waals surface area (Å²) in [7, 11) is 0. The third-order valence-electron chi connectivity index (χ3n) is 3.38. The highest BCUT2D eigenvalue weighted by Crippen LogP contribution is 2.23. The van der Waals surface area contributed by atoms with Crippen LogP contribution in [-0.4, -0.2) is 29.1 Å². The second kappa shape index (κ2) is 4.46. The lowest BCUT2D eigenvalue weighted by atomic mass is 10.1. The minimum absolute atomic E-state index is 0.0712. The molecule has 4 nitrogen and oxygen atoms in total. The van der Waals surface area contributed by atoms with Gasteiger partial charge in [0.25, 0.3) is 0 Å². The summed E-state index contributed by atoms with van der Waals surface area (Å²) in [4.78, 5) is 13.5. The van der Waals surface area contributed by atoms with E-state index in [4.69, 9.17) is 9.52 Å². The van der Waals surface area contributed by atoms with Crippen LogP contribution < -0.4 is 0 Å². The number of rotatable bonds is 3. The van der Waals surface area contributed by atoms with Crippen molar-refractivity contribution in [1.29, 1.82) is 0 Å². The SMILES string of the molecule is O=C1CC(CO)CN1Cc1cc2ccccc2o1. The molecule has 0 radical (unpaired) electrons. The molecule has 1 saturated heterocycles. The lowest BCUT2D eigenvalue weighted by molar-refractivity contribution is -0.128.